The lowest BCUT2D eigenvalue weighted by molar-refractivity contribution is -0.141. The topological polar surface area (TPSA) is 67.4 Å². The van der Waals surface area contributed by atoms with Gasteiger partial charge in [0.05, 0.1) is 6.61 Å². The highest BCUT2D eigenvalue weighted by molar-refractivity contribution is 5.80. The first-order chi connectivity index (χ1) is 10.1. The average molecular weight is 294 g/mol. The summed E-state index contributed by atoms with van der Waals surface area (Å²) in [6.07, 6.45) is 8.06. The normalized spacial score (nSPS) is 36.3. The molecule has 0 atom stereocenters. The van der Waals surface area contributed by atoms with E-state index < -0.39 is 0 Å². The Morgan fingerprint density at radius 3 is 2.14 bits per heavy atom. The van der Waals surface area contributed by atoms with Gasteiger partial charge in [-0.25, -0.2) is 4.79 Å². The second-order valence-corrected chi connectivity index (χ2v) is 7.26. The van der Waals surface area contributed by atoms with Crippen LogP contribution in [-0.2, 0) is 9.53 Å². The predicted molar refractivity (Wildman–Crippen MR) is 78.6 cm³/mol. The molecule has 0 aromatic rings. The summed E-state index contributed by atoms with van der Waals surface area (Å²) >= 11 is 0. The van der Waals surface area contributed by atoms with Gasteiger partial charge in [0.1, 0.15) is 6.54 Å². The fraction of sp³-hybridized carbons (Fsp3) is 0.875. The van der Waals surface area contributed by atoms with E-state index in [0.717, 1.165) is 24.3 Å². The molecule has 118 valence electrons. The second-order valence-electron chi connectivity index (χ2n) is 7.26. The van der Waals surface area contributed by atoms with Crippen molar-refractivity contribution in [3.63, 3.8) is 0 Å². The molecule has 4 saturated carbocycles. The molecular formula is C16H26N2O3. The third-order valence-corrected chi connectivity index (χ3v) is 5.49. The van der Waals surface area contributed by atoms with Crippen molar-refractivity contribution in [1.82, 2.24) is 10.6 Å². The van der Waals surface area contributed by atoms with Crippen LogP contribution in [0.2, 0.25) is 0 Å². The third-order valence-electron chi connectivity index (χ3n) is 5.49. The Labute approximate surface area is 126 Å². The van der Waals surface area contributed by atoms with Crippen LogP contribution in [0, 0.1) is 23.2 Å². The summed E-state index contributed by atoms with van der Waals surface area (Å²) in [6, 6.07) is -0.251. The van der Waals surface area contributed by atoms with E-state index in [0.29, 0.717) is 12.0 Å². The highest BCUT2D eigenvalue weighted by atomic mass is 16.5. The highest BCUT2D eigenvalue weighted by Gasteiger charge is 2.50. The fourth-order valence-corrected chi connectivity index (χ4v) is 5.20. The highest BCUT2D eigenvalue weighted by Crippen LogP contribution is 2.59. The van der Waals surface area contributed by atoms with Gasteiger partial charge in [-0.2, -0.15) is 0 Å². The Morgan fingerprint density at radius 1 is 1.05 bits per heavy atom. The third kappa shape index (κ3) is 3.33. The summed E-state index contributed by atoms with van der Waals surface area (Å²) in [6.45, 7) is 2.80. The maximum atomic E-state index is 11.8. The van der Waals surface area contributed by atoms with E-state index in [4.69, 9.17) is 4.74 Å². The Kier molecular flexibility index (Phi) is 4.09. The zero-order valence-electron chi connectivity index (χ0n) is 12.8. The zero-order valence-corrected chi connectivity index (χ0v) is 12.8. The van der Waals surface area contributed by atoms with E-state index in [1.165, 1.54) is 38.5 Å². The van der Waals surface area contributed by atoms with E-state index in [2.05, 4.69) is 10.6 Å². The standard InChI is InChI=1S/C16H26N2O3/c1-2-21-14(19)9-17-15(20)18-10-16-6-11-3-12(7-16)5-13(4-11)8-16/h11-13H,2-10H2,1H3,(H2,17,18,20). The minimum Gasteiger partial charge on any atom is -0.465 e. The molecule has 0 spiro atoms. The largest absolute Gasteiger partial charge is 0.465 e. The molecule has 4 aliphatic carbocycles. The first-order valence-electron chi connectivity index (χ1n) is 8.26. The van der Waals surface area contributed by atoms with E-state index in [1.54, 1.807) is 6.92 Å². The number of carbonyl (C=O) groups is 2. The summed E-state index contributed by atoms with van der Waals surface area (Å²) in [7, 11) is 0. The van der Waals surface area contributed by atoms with Crippen molar-refractivity contribution in [3.8, 4) is 0 Å². The number of rotatable bonds is 5. The van der Waals surface area contributed by atoms with Crippen LogP contribution in [0.3, 0.4) is 0 Å². The van der Waals surface area contributed by atoms with Crippen molar-refractivity contribution < 1.29 is 14.3 Å². The van der Waals surface area contributed by atoms with Gasteiger partial charge in [0.25, 0.3) is 0 Å². The molecule has 0 saturated heterocycles. The van der Waals surface area contributed by atoms with E-state index in [1.807, 2.05) is 0 Å². The predicted octanol–water partition coefficient (Wildman–Crippen LogP) is 2.07. The second kappa shape index (κ2) is 5.85. The molecule has 0 unspecified atom stereocenters. The van der Waals surface area contributed by atoms with Crippen LogP contribution in [0.15, 0.2) is 0 Å². The molecule has 4 aliphatic rings. The first kappa shape index (κ1) is 14.7. The van der Waals surface area contributed by atoms with Gasteiger partial charge in [0.2, 0.25) is 0 Å². The maximum Gasteiger partial charge on any atom is 0.325 e. The van der Waals surface area contributed by atoms with Gasteiger partial charge in [-0.3, -0.25) is 4.79 Å². The minimum absolute atomic E-state index is 0.0550. The van der Waals surface area contributed by atoms with Crippen LogP contribution >= 0.6 is 0 Å². The smallest absolute Gasteiger partial charge is 0.325 e. The van der Waals surface area contributed by atoms with Crippen LogP contribution in [0.5, 0.6) is 0 Å². The molecule has 4 fully saturated rings. The number of urea groups is 1. The number of hydrogen-bond donors (Lipinski definition) is 2. The molecule has 5 nitrogen and oxygen atoms in total. The zero-order chi connectivity index (χ0) is 14.9. The molecule has 4 bridgehead atoms. The Hall–Kier alpha value is -1.26. The van der Waals surface area contributed by atoms with Gasteiger partial charge < -0.3 is 15.4 Å². The number of hydrogen-bond acceptors (Lipinski definition) is 3. The monoisotopic (exact) mass is 294 g/mol. The number of carbonyl (C=O) groups excluding carboxylic acids is 2. The van der Waals surface area contributed by atoms with Crippen molar-refractivity contribution in [2.24, 2.45) is 23.2 Å². The van der Waals surface area contributed by atoms with E-state index in [9.17, 15) is 9.59 Å². The van der Waals surface area contributed by atoms with Crippen molar-refractivity contribution in [3.05, 3.63) is 0 Å². The van der Waals surface area contributed by atoms with Crippen molar-refractivity contribution in [2.75, 3.05) is 19.7 Å². The summed E-state index contributed by atoms with van der Waals surface area (Å²) in [5.41, 5.74) is 0.329. The summed E-state index contributed by atoms with van der Waals surface area (Å²) in [4.78, 5) is 23.0. The molecular weight excluding hydrogens is 268 g/mol. The van der Waals surface area contributed by atoms with Crippen molar-refractivity contribution in [1.29, 1.82) is 0 Å². The molecule has 4 rings (SSSR count). The van der Waals surface area contributed by atoms with Gasteiger partial charge in [-0.1, -0.05) is 0 Å². The lowest BCUT2D eigenvalue weighted by Gasteiger charge is -2.56. The SMILES string of the molecule is CCOC(=O)CNC(=O)NCC12CC3CC(CC(C3)C1)C2. The molecule has 2 amide bonds. The van der Waals surface area contributed by atoms with E-state index >= 15 is 0 Å². The van der Waals surface area contributed by atoms with Gasteiger partial charge in [0.15, 0.2) is 0 Å². The molecule has 2 N–H and O–H groups in total. The molecule has 0 aromatic heterocycles. The van der Waals surface area contributed by atoms with Crippen LogP contribution in [0.25, 0.3) is 0 Å². The van der Waals surface area contributed by atoms with Crippen molar-refractivity contribution >= 4 is 12.0 Å². The van der Waals surface area contributed by atoms with Gasteiger partial charge >= 0.3 is 12.0 Å². The molecule has 0 aliphatic heterocycles. The summed E-state index contributed by atoms with van der Waals surface area (Å²) in [5.74, 6) is 2.28. The van der Waals surface area contributed by atoms with Gasteiger partial charge in [-0.05, 0) is 68.6 Å². The van der Waals surface area contributed by atoms with Crippen molar-refractivity contribution in [2.45, 2.75) is 45.4 Å². The van der Waals surface area contributed by atoms with Crippen LogP contribution in [0.1, 0.15) is 45.4 Å². The number of amides is 2. The molecule has 5 heteroatoms. The molecule has 0 radical (unpaired) electrons. The minimum atomic E-state index is -0.387. The van der Waals surface area contributed by atoms with Crippen LogP contribution < -0.4 is 10.6 Å². The van der Waals surface area contributed by atoms with Gasteiger partial charge in [-0.15, -0.1) is 0 Å². The number of ether oxygens (including phenoxy) is 1. The van der Waals surface area contributed by atoms with Crippen LogP contribution in [0.4, 0.5) is 4.79 Å². The van der Waals surface area contributed by atoms with Crippen LogP contribution in [-0.4, -0.2) is 31.7 Å². The quantitative estimate of drug-likeness (QED) is 0.763. The Bertz CT molecular complexity index is 386. The molecule has 0 heterocycles. The Morgan fingerprint density at radius 2 is 1.62 bits per heavy atom. The Balaban J connectivity index is 1.44. The lowest BCUT2D eigenvalue weighted by atomic mass is 9.49. The maximum absolute atomic E-state index is 11.8. The number of nitrogens with one attached hydrogen (secondary N) is 2. The fourth-order valence-electron chi connectivity index (χ4n) is 5.20. The summed E-state index contributed by atoms with van der Waals surface area (Å²) in [5, 5.41) is 5.55. The lowest BCUT2D eigenvalue weighted by Crippen LogP contribution is -2.52. The van der Waals surface area contributed by atoms with E-state index in [-0.39, 0.29) is 18.5 Å². The summed E-state index contributed by atoms with van der Waals surface area (Å²) < 4.78 is 4.79. The number of esters is 1. The molecule has 21 heavy (non-hydrogen) atoms. The molecule has 0 aromatic carbocycles. The average Bonchev–Trinajstić information content (AvgIpc) is 2.42. The van der Waals surface area contributed by atoms with Gasteiger partial charge in [0, 0.05) is 6.54 Å². The first-order valence-corrected chi connectivity index (χ1v) is 8.26.